The molecule has 0 radical (unpaired) electrons. The molecule has 0 bridgehead atoms. The summed E-state index contributed by atoms with van der Waals surface area (Å²) in [7, 11) is 3.20. The molecule has 6 nitrogen and oxygen atoms in total. The fraction of sp³-hybridized carbons (Fsp3) is 0.833. The van der Waals surface area contributed by atoms with E-state index in [1.54, 1.807) is 11.9 Å². The molecule has 0 rings (SSSR count). The van der Waals surface area contributed by atoms with E-state index >= 15 is 0 Å². The van der Waals surface area contributed by atoms with E-state index in [9.17, 15) is 9.59 Å². The van der Waals surface area contributed by atoms with Gasteiger partial charge >= 0.3 is 12.0 Å². The number of methoxy groups -OCH3 is 1. The Morgan fingerprint density at radius 1 is 1.33 bits per heavy atom. The van der Waals surface area contributed by atoms with Gasteiger partial charge in [-0.15, -0.1) is 0 Å². The van der Waals surface area contributed by atoms with Crippen molar-refractivity contribution in [3.8, 4) is 0 Å². The van der Waals surface area contributed by atoms with Gasteiger partial charge in [-0.05, 0) is 20.3 Å². The lowest BCUT2D eigenvalue weighted by Gasteiger charge is -2.38. The summed E-state index contributed by atoms with van der Waals surface area (Å²) < 4.78 is 4.89. The summed E-state index contributed by atoms with van der Waals surface area (Å²) in [6, 6.07) is -0.290. The van der Waals surface area contributed by atoms with Crippen molar-refractivity contribution in [2.75, 3.05) is 33.9 Å². The molecule has 1 N–H and O–H groups in total. The maximum absolute atomic E-state index is 12.2. The molecule has 0 atom stereocenters. The summed E-state index contributed by atoms with van der Waals surface area (Å²) in [5.41, 5.74) is -0.305. The van der Waals surface area contributed by atoms with Crippen molar-refractivity contribution in [1.82, 2.24) is 9.80 Å². The Hall–Kier alpha value is -1.30. The molecule has 0 heterocycles. The van der Waals surface area contributed by atoms with E-state index in [-0.39, 0.29) is 24.7 Å². The molecule has 0 unspecified atom stereocenters. The third-order valence-corrected chi connectivity index (χ3v) is 3.22. The molecule has 0 saturated carbocycles. The number of rotatable bonds is 7. The van der Waals surface area contributed by atoms with E-state index in [1.807, 2.05) is 20.8 Å². The number of nitrogens with zero attached hydrogens (tertiary/aromatic N) is 2. The van der Waals surface area contributed by atoms with Gasteiger partial charge in [-0.1, -0.05) is 6.92 Å². The Morgan fingerprint density at radius 2 is 1.89 bits per heavy atom. The third kappa shape index (κ3) is 4.91. The van der Waals surface area contributed by atoms with Gasteiger partial charge in [0.2, 0.25) is 0 Å². The molecule has 106 valence electrons. The van der Waals surface area contributed by atoms with Crippen LogP contribution in [0.4, 0.5) is 4.79 Å². The van der Waals surface area contributed by atoms with Gasteiger partial charge in [0.1, 0.15) is 6.54 Å². The molecule has 0 saturated heterocycles. The van der Waals surface area contributed by atoms with Crippen molar-refractivity contribution in [3.05, 3.63) is 0 Å². The van der Waals surface area contributed by atoms with Gasteiger partial charge in [0.25, 0.3) is 0 Å². The molecule has 0 aromatic carbocycles. The highest BCUT2D eigenvalue weighted by atomic mass is 16.5. The number of ether oxygens (including phenoxy) is 1. The monoisotopic (exact) mass is 260 g/mol. The van der Waals surface area contributed by atoms with Crippen LogP contribution in [0.1, 0.15) is 27.2 Å². The highest BCUT2D eigenvalue weighted by Crippen LogP contribution is 2.18. The first kappa shape index (κ1) is 16.7. The molecule has 0 aliphatic heterocycles. The Bertz CT molecular complexity index is 292. The minimum atomic E-state index is -1.03. The van der Waals surface area contributed by atoms with E-state index in [0.29, 0.717) is 6.61 Å². The predicted molar refractivity (Wildman–Crippen MR) is 68.6 cm³/mol. The molecule has 0 aliphatic carbocycles. The number of amides is 2. The van der Waals surface area contributed by atoms with Crippen LogP contribution in [0.3, 0.4) is 0 Å². The van der Waals surface area contributed by atoms with Gasteiger partial charge in [-0.2, -0.15) is 0 Å². The molecule has 0 aromatic rings. The van der Waals surface area contributed by atoms with Crippen molar-refractivity contribution in [1.29, 1.82) is 0 Å². The molecule has 0 fully saturated rings. The van der Waals surface area contributed by atoms with Crippen molar-refractivity contribution in [2.24, 2.45) is 0 Å². The average Bonchev–Trinajstić information content (AvgIpc) is 2.32. The second kappa shape index (κ2) is 7.20. The van der Waals surface area contributed by atoms with Crippen molar-refractivity contribution >= 4 is 12.0 Å². The SMILES string of the molecule is CCC(C)(C)N(C)C(=O)N(CCOC)CC(=O)O. The maximum atomic E-state index is 12.2. The van der Waals surface area contributed by atoms with Crippen LogP contribution in [-0.4, -0.2) is 66.3 Å². The summed E-state index contributed by atoms with van der Waals surface area (Å²) in [6.07, 6.45) is 0.792. The van der Waals surface area contributed by atoms with Gasteiger partial charge in [-0.25, -0.2) is 4.79 Å². The number of carbonyl (C=O) groups excluding carboxylic acids is 1. The number of hydrogen-bond acceptors (Lipinski definition) is 3. The van der Waals surface area contributed by atoms with Crippen LogP contribution in [-0.2, 0) is 9.53 Å². The Kier molecular flexibility index (Phi) is 6.68. The number of carboxylic acids is 1. The molecular weight excluding hydrogens is 236 g/mol. The summed E-state index contributed by atoms with van der Waals surface area (Å²) in [4.78, 5) is 25.8. The van der Waals surface area contributed by atoms with Crippen molar-refractivity contribution < 1.29 is 19.4 Å². The Morgan fingerprint density at radius 3 is 2.28 bits per heavy atom. The summed E-state index contributed by atoms with van der Waals surface area (Å²) >= 11 is 0. The van der Waals surface area contributed by atoms with E-state index in [1.165, 1.54) is 12.0 Å². The van der Waals surface area contributed by atoms with Gasteiger partial charge in [0.05, 0.1) is 6.61 Å². The summed E-state index contributed by atoms with van der Waals surface area (Å²) in [5.74, 6) is -1.03. The normalized spacial score (nSPS) is 11.2. The molecule has 0 aromatic heterocycles. The van der Waals surface area contributed by atoms with E-state index in [0.717, 1.165) is 6.42 Å². The topological polar surface area (TPSA) is 70.1 Å². The number of carbonyl (C=O) groups is 2. The standard InChI is InChI=1S/C12H24N2O4/c1-6-12(2,3)13(4)11(17)14(7-8-18-5)9-10(15)16/h6-9H2,1-5H3,(H,15,16). The number of hydrogen-bond donors (Lipinski definition) is 1. The highest BCUT2D eigenvalue weighted by molar-refractivity contribution is 5.80. The summed E-state index contributed by atoms with van der Waals surface area (Å²) in [5, 5.41) is 8.82. The minimum absolute atomic E-state index is 0.270. The van der Waals surface area contributed by atoms with Crippen LogP contribution >= 0.6 is 0 Å². The van der Waals surface area contributed by atoms with Gasteiger partial charge in [0.15, 0.2) is 0 Å². The summed E-state index contributed by atoms with van der Waals surface area (Å²) in [6.45, 7) is 6.15. The van der Waals surface area contributed by atoms with Crippen LogP contribution in [0.2, 0.25) is 0 Å². The molecule has 0 aliphatic rings. The zero-order chi connectivity index (χ0) is 14.3. The van der Waals surface area contributed by atoms with Crippen LogP contribution in [0.15, 0.2) is 0 Å². The first-order valence-electron chi connectivity index (χ1n) is 5.99. The lowest BCUT2D eigenvalue weighted by atomic mass is 10.0. The quantitative estimate of drug-likeness (QED) is 0.748. The van der Waals surface area contributed by atoms with Crippen LogP contribution < -0.4 is 0 Å². The number of carboxylic acid groups (broad SMARTS) is 1. The average molecular weight is 260 g/mol. The van der Waals surface area contributed by atoms with E-state index in [2.05, 4.69) is 0 Å². The zero-order valence-electron chi connectivity index (χ0n) is 11.9. The highest BCUT2D eigenvalue weighted by Gasteiger charge is 2.29. The van der Waals surface area contributed by atoms with Crippen LogP contribution in [0.25, 0.3) is 0 Å². The molecule has 18 heavy (non-hydrogen) atoms. The van der Waals surface area contributed by atoms with Crippen LogP contribution in [0, 0.1) is 0 Å². The fourth-order valence-corrected chi connectivity index (χ4v) is 1.32. The van der Waals surface area contributed by atoms with E-state index < -0.39 is 5.97 Å². The van der Waals surface area contributed by atoms with Crippen molar-refractivity contribution in [3.63, 3.8) is 0 Å². The lowest BCUT2D eigenvalue weighted by molar-refractivity contribution is -0.137. The lowest BCUT2D eigenvalue weighted by Crippen LogP contribution is -2.52. The molecule has 0 spiro atoms. The molecular formula is C12H24N2O4. The third-order valence-electron chi connectivity index (χ3n) is 3.22. The fourth-order valence-electron chi connectivity index (χ4n) is 1.32. The maximum Gasteiger partial charge on any atom is 0.323 e. The van der Waals surface area contributed by atoms with Gasteiger partial charge in [-0.3, -0.25) is 4.79 Å². The van der Waals surface area contributed by atoms with Gasteiger partial charge in [0, 0.05) is 26.2 Å². The molecule has 2 amide bonds. The smallest absolute Gasteiger partial charge is 0.323 e. The zero-order valence-corrected chi connectivity index (χ0v) is 11.9. The largest absolute Gasteiger partial charge is 0.480 e. The minimum Gasteiger partial charge on any atom is -0.480 e. The first-order chi connectivity index (χ1) is 8.26. The van der Waals surface area contributed by atoms with Gasteiger partial charge < -0.3 is 19.6 Å². The van der Waals surface area contributed by atoms with E-state index in [4.69, 9.17) is 9.84 Å². The number of urea groups is 1. The van der Waals surface area contributed by atoms with Crippen LogP contribution in [0.5, 0.6) is 0 Å². The molecule has 6 heteroatoms. The first-order valence-corrected chi connectivity index (χ1v) is 5.99. The Balaban J connectivity index is 4.77. The Labute approximate surface area is 109 Å². The second-order valence-electron chi connectivity index (χ2n) is 4.82. The predicted octanol–water partition coefficient (Wildman–Crippen LogP) is 1.26. The van der Waals surface area contributed by atoms with Crippen molar-refractivity contribution in [2.45, 2.75) is 32.7 Å². The second-order valence-corrected chi connectivity index (χ2v) is 4.82. The number of aliphatic carboxylic acids is 1.